The molecule has 1 aliphatic heterocycles. The molecule has 1 saturated heterocycles. The van der Waals surface area contributed by atoms with Crippen molar-refractivity contribution in [3.05, 3.63) is 17.5 Å². The highest BCUT2D eigenvalue weighted by molar-refractivity contribution is 5.69. The molecular weight excluding hydrogens is 254 g/mol. The lowest BCUT2D eigenvalue weighted by Gasteiger charge is -2.39. The maximum absolute atomic E-state index is 11.8. The maximum atomic E-state index is 11.8. The molecule has 0 radical (unpaired) electrons. The molecule has 0 aromatic carbocycles. The minimum atomic E-state index is -0.425. The summed E-state index contributed by atoms with van der Waals surface area (Å²) in [4.78, 5) is 13.5. The lowest BCUT2D eigenvalue weighted by atomic mass is 9.96. The molecule has 0 bridgehead atoms. The maximum Gasteiger partial charge on any atom is 0.410 e. The summed E-state index contributed by atoms with van der Waals surface area (Å²) in [6.07, 6.45) is -0.224. The van der Waals surface area contributed by atoms with Crippen LogP contribution in [0, 0.1) is 6.92 Å². The summed E-state index contributed by atoms with van der Waals surface area (Å²) in [5.41, 5.74) is 1.78. The zero-order valence-corrected chi connectivity index (χ0v) is 13.7. The minimum absolute atomic E-state index is 0.224. The zero-order valence-electron chi connectivity index (χ0n) is 13.7. The van der Waals surface area contributed by atoms with Crippen LogP contribution in [0.5, 0.6) is 0 Å². The van der Waals surface area contributed by atoms with Gasteiger partial charge in [0.2, 0.25) is 0 Å². The van der Waals surface area contributed by atoms with Crippen LogP contribution >= 0.6 is 0 Å². The lowest BCUT2D eigenvalue weighted by molar-refractivity contribution is 0.00757. The van der Waals surface area contributed by atoms with Crippen molar-refractivity contribution in [2.45, 2.75) is 53.1 Å². The van der Waals surface area contributed by atoms with Crippen molar-refractivity contribution < 1.29 is 9.53 Å². The summed E-state index contributed by atoms with van der Waals surface area (Å²) in [7, 11) is 1.94. The second-order valence-corrected chi connectivity index (χ2v) is 5.92. The number of carbonyl (C=O) groups is 1. The van der Waals surface area contributed by atoms with E-state index in [-0.39, 0.29) is 6.09 Å². The zero-order chi connectivity index (χ0) is 15.5. The molecule has 0 aliphatic carbocycles. The van der Waals surface area contributed by atoms with Crippen LogP contribution in [0.3, 0.4) is 0 Å². The number of hydrogen-bond donors (Lipinski definition) is 0. The fourth-order valence-electron chi connectivity index (χ4n) is 2.15. The smallest absolute Gasteiger partial charge is 0.410 e. The molecule has 1 aliphatic rings. The summed E-state index contributed by atoms with van der Waals surface area (Å²) >= 11 is 0. The average molecular weight is 281 g/mol. The van der Waals surface area contributed by atoms with Crippen LogP contribution in [0.1, 0.15) is 51.9 Å². The van der Waals surface area contributed by atoms with Crippen molar-refractivity contribution in [2.24, 2.45) is 7.05 Å². The summed E-state index contributed by atoms with van der Waals surface area (Å²) in [6.45, 7) is 13.1. The van der Waals surface area contributed by atoms with Gasteiger partial charge in [-0.2, -0.15) is 5.10 Å². The van der Waals surface area contributed by atoms with Gasteiger partial charge >= 0.3 is 6.09 Å². The molecule has 20 heavy (non-hydrogen) atoms. The van der Waals surface area contributed by atoms with Gasteiger partial charge in [0, 0.05) is 31.7 Å². The molecule has 2 rings (SSSR count). The van der Waals surface area contributed by atoms with Gasteiger partial charge in [-0.1, -0.05) is 13.8 Å². The molecule has 0 saturated carbocycles. The van der Waals surface area contributed by atoms with E-state index in [1.165, 1.54) is 5.69 Å². The van der Waals surface area contributed by atoms with Crippen LogP contribution in [0.2, 0.25) is 0 Å². The third-order valence-corrected chi connectivity index (χ3v) is 2.99. The van der Waals surface area contributed by atoms with Crippen molar-refractivity contribution in [3.63, 3.8) is 0 Å². The molecule has 5 heteroatoms. The first-order valence-electron chi connectivity index (χ1n) is 7.25. The summed E-state index contributed by atoms with van der Waals surface area (Å²) in [6, 6.07) is 2.08. The molecular formula is C15H27N3O2. The fourth-order valence-corrected chi connectivity index (χ4v) is 2.15. The van der Waals surface area contributed by atoms with Crippen molar-refractivity contribution in [1.29, 1.82) is 0 Å². The van der Waals surface area contributed by atoms with E-state index in [9.17, 15) is 4.79 Å². The van der Waals surface area contributed by atoms with Gasteiger partial charge in [-0.05, 0) is 33.8 Å². The van der Waals surface area contributed by atoms with Crippen molar-refractivity contribution in [1.82, 2.24) is 14.7 Å². The van der Waals surface area contributed by atoms with Gasteiger partial charge in [-0.15, -0.1) is 0 Å². The van der Waals surface area contributed by atoms with Crippen LogP contribution in [0.25, 0.3) is 0 Å². The monoisotopic (exact) mass is 281 g/mol. The van der Waals surface area contributed by atoms with Crippen LogP contribution < -0.4 is 0 Å². The first-order chi connectivity index (χ1) is 9.26. The number of amides is 1. The average Bonchev–Trinajstić information content (AvgIpc) is 2.56. The Labute approximate surface area is 121 Å². The molecule has 0 spiro atoms. The second-order valence-electron chi connectivity index (χ2n) is 5.92. The van der Waals surface area contributed by atoms with E-state index in [1.807, 2.05) is 53.3 Å². The predicted octanol–water partition coefficient (Wildman–Crippen LogP) is 3.09. The van der Waals surface area contributed by atoms with Gasteiger partial charge in [-0.25, -0.2) is 4.79 Å². The number of rotatable bonds is 1. The quantitative estimate of drug-likeness (QED) is 0.794. The van der Waals surface area contributed by atoms with Gasteiger partial charge in [0.15, 0.2) is 0 Å². The fraction of sp³-hybridized carbons (Fsp3) is 0.733. The Morgan fingerprint density at radius 1 is 1.35 bits per heavy atom. The number of ether oxygens (including phenoxy) is 1. The first-order valence-corrected chi connectivity index (χ1v) is 7.25. The molecule has 2 heterocycles. The van der Waals surface area contributed by atoms with Crippen molar-refractivity contribution in [2.75, 3.05) is 13.1 Å². The Bertz CT molecular complexity index is 454. The normalized spacial score (nSPS) is 15.2. The van der Waals surface area contributed by atoms with E-state index in [1.54, 1.807) is 4.90 Å². The molecule has 114 valence electrons. The third kappa shape index (κ3) is 3.99. The third-order valence-electron chi connectivity index (χ3n) is 2.99. The minimum Gasteiger partial charge on any atom is -0.444 e. The Kier molecular flexibility index (Phi) is 5.20. The molecule has 1 aromatic rings. The molecule has 1 fully saturated rings. The van der Waals surface area contributed by atoms with Crippen LogP contribution in [0.4, 0.5) is 4.79 Å². The van der Waals surface area contributed by atoms with Crippen LogP contribution in [-0.2, 0) is 11.8 Å². The van der Waals surface area contributed by atoms with E-state index in [4.69, 9.17) is 4.74 Å². The molecule has 1 amide bonds. The molecule has 0 N–H and O–H groups in total. The number of aryl methyl sites for hydroxylation is 2. The van der Waals surface area contributed by atoms with E-state index < -0.39 is 5.60 Å². The number of hydrogen-bond acceptors (Lipinski definition) is 3. The van der Waals surface area contributed by atoms with Crippen LogP contribution in [0.15, 0.2) is 6.07 Å². The molecule has 5 nitrogen and oxygen atoms in total. The second kappa shape index (κ2) is 6.29. The van der Waals surface area contributed by atoms with E-state index >= 15 is 0 Å². The van der Waals surface area contributed by atoms with Gasteiger partial charge < -0.3 is 9.64 Å². The van der Waals surface area contributed by atoms with Gasteiger partial charge in [0.25, 0.3) is 0 Å². The van der Waals surface area contributed by atoms with Crippen LogP contribution in [-0.4, -0.2) is 39.5 Å². The number of aromatic nitrogens is 2. The van der Waals surface area contributed by atoms with E-state index in [0.29, 0.717) is 19.0 Å². The number of nitrogens with zero attached hydrogens (tertiary/aromatic N) is 3. The van der Waals surface area contributed by atoms with Gasteiger partial charge in [0.05, 0.1) is 5.69 Å². The summed E-state index contributed by atoms with van der Waals surface area (Å²) in [5, 5.41) is 4.33. The Morgan fingerprint density at radius 3 is 2.30 bits per heavy atom. The topological polar surface area (TPSA) is 47.4 Å². The Balaban J connectivity index is 0.000000956. The summed E-state index contributed by atoms with van der Waals surface area (Å²) < 4.78 is 7.22. The molecule has 0 unspecified atom stereocenters. The number of likely N-dealkylation sites (tertiary alicyclic amines) is 1. The largest absolute Gasteiger partial charge is 0.444 e. The van der Waals surface area contributed by atoms with Gasteiger partial charge in [0.1, 0.15) is 5.60 Å². The lowest BCUT2D eigenvalue weighted by Crippen LogP contribution is -2.50. The van der Waals surface area contributed by atoms with Crippen molar-refractivity contribution >= 4 is 6.09 Å². The van der Waals surface area contributed by atoms with E-state index in [2.05, 4.69) is 11.2 Å². The first kappa shape index (κ1) is 16.5. The summed E-state index contributed by atoms with van der Waals surface area (Å²) in [5.74, 6) is 0.378. The highest BCUT2D eigenvalue weighted by Crippen LogP contribution is 2.28. The molecule has 0 atom stereocenters. The SMILES string of the molecule is CC.Cc1cc(C2CN(C(=O)OC(C)(C)C)C2)n(C)n1. The highest BCUT2D eigenvalue weighted by Gasteiger charge is 2.35. The van der Waals surface area contributed by atoms with Gasteiger partial charge in [-0.3, -0.25) is 4.68 Å². The standard InChI is InChI=1S/C13H21N3O2.C2H6/c1-9-6-11(15(5)14-9)10-7-16(8-10)12(17)18-13(2,3)4;1-2/h6,10H,7-8H2,1-5H3;1-2H3. The molecule has 1 aromatic heterocycles. The highest BCUT2D eigenvalue weighted by atomic mass is 16.6. The number of carbonyl (C=O) groups excluding carboxylic acids is 1. The van der Waals surface area contributed by atoms with E-state index in [0.717, 1.165) is 5.69 Å². The Hall–Kier alpha value is -1.52. The van der Waals surface area contributed by atoms with Crippen molar-refractivity contribution in [3.8, 4) is 0 Å². The Morgan fingerprint density at radius 2 is 1.90 bits per heavy atom. The predicted molar refractivity (Wildman–Crippen MR) is 79.8 cm³/mol.